The van der Waals surface area contributed by atoms with Crippen LogP contribution in [0.15, 0.2) is 24.3 Å². The minimum Gasteiger partial charge on any atom is -0.468 e. The fourth-order valence-corrected chi connectivity index (χ4v) is 2.11. The van der Waals surface area contributed by atoms with E-state index in [9.17, 15) is 9.59 Å². The molecular weight excluding hydrogens is 272 g/mol. The Labute approximate surface area is 126 Å². The van der Waals surface area contributed by atoms with Crippen LogP contribution in [0.25, 0.3) is 0 Å². The van der Waals surface area contributed by atoms with Crippen LogP contribution in [0, 0.1) is 11.3 Å². The molecule has 0 aliphatic rings. The molecule has 0 saturated carbocycles. The van der Waals surface area contributed by atoms with Crippen molar-refractivity contribution in [3.8, 4) is 0 Å². The third-order valence-corrected chi connectivity index (χ3v) is 3.12. The summed E-state index contributed by atoms with van der Waals surface area (Å²) in [5.41, 5.74) is 0.684. The summed E-state index contributed by atoms with van der Waals surface area (Å²) in [6, 6.07) is 0. The molecule has 0 rings (SSSR count). The Morgan fingerprint density at radius 1 is 1.10 bits per heavy atom. The molecule has 0 amide bonds. The van der Waals surface area contributed by atoms with E-state index in [1.54, 1.807) is 19.3 Å². The van der Waals surface area contributed by atoms with Crippen LogP contribution in [0.1, 0.15) is 27.2 Å². The lowest BCUT2D eigenvalue weighted by molar-refractivity contribution is -0.158. The van der Waals surface area contributed by atoms with Crippen LogP contribution in [0.5, 0.6) is 0 Å². The zero-order valence-electron chi connectivity index (χ0n) is 13.8. The molecule has 5 nitrogen and oxygen atoms in total. The second-order valence-electron chi connectivity index (χ2n) is 5.72. The van der Waals surface area contributed by atoms with Gasteiger partial charge in [-0.2, -0.15) is 0 Å². The molecule has 0 radical (unpaired) electrons. The largest absolute Gasteiger partial charge is 0.468 e. The number of rotatable bonds is 7. The van der Waals surface area contributed by atoms with Crippen LogP contribution < -0.4 is 0 Å². The molecule has 0 aliphatic carbocycles. The van der Waals surface area contributed by atoms with Gasteiger partial charge in [0.05, 0.1) is 20.3 Å². The SMILES string of the molecule is C=C/C(=C\CC(C(=O)OC)C(=O)OC)[C@H](OC)C(C)(C)C. The summed E-state index contributed by atoms with van der Waals surface area (Å²) in [6.45, 7) is 9.89. The van der Waals surface area contributed by atoms with Gasteiger partial charge in [-0.25, -0.2) is 0 Å². The molecule has 5 heteroatoms. The smallest absolute Gasteiger partial charge is 0.320 e. The first-order valence-corrected chi connectivity index (χ1v) is 6.73. The third kappa shape index (κ3) is 5.71. The summed E-state index contributed by atoms with van der Waals surface area (Å²) in [6.07, 6.45) is 3.43. The Balaban J connectivity index is 5.28. The number of carbonyl (C=O) groups is 2. The molecule has 0 aromatic heterocycles. The van der Waals surface area contributed by atoms with E-state index >= 15 is 0 Å². The monoisotopic (exact) mass is 298 g/mol. The van der Waals surface area contributed by atoms with E-state index in [0.717, 1.165) is 5.57 Å². The molecule has 0 heterocycles. The van der Waals surface area contributed by atoms with Gasteiger partial charge in [-0.05, 0) is 17.4 Å². The molecule has 0 unspecified atom stereocenters. The van der Waals surface area contributed by atoms with Gasteiger partial charge in [-0.1, -0.05) is 39.5 Å². The number of methoxy groups -OCH3 is 3. The standard InChI is InChI=1S/C16H26O5/c1-8-11(13(19-5)16(2,3)4)9-10-12(14(17)20-6)15(18)21-7/h8-9,12-13H,1,10H2,2-7H3/b11-9+/t13-/m0/s1. The van der Waals surface area contributed by atoms with Gasteiger partial charge < -0.3 is 14.2 Å². The van der Waals surface area contributed by atoms with Crippen LogP contribution >= 0.6 is 0 Å². The van der Waals surface area contributed by atoms with Gasteiger partial charge in [-0.15, -0.1) is 0 Å². The summed E-state index contributed by atoms with van der Waals surface area (Å²) in [7, 11) is 4.10. The topological polar surface area (TPSA) is 61.8 Å². The average Bonchev–Trinajstić information content (AvgIpc) is 2.43. The predicted octanol–water partition coefficient (Wildman–Crippen LogP) is 2.51. The first kappa shape index (κ1) is 19.4. The second-order valence-corrected chi connectivity index (χ2v) is 5.72. The minimum atomic E-state index is -0.979. The van der Waals surface area contributed by atoms with Gasteiger partial charge in [0.1, 0.15) is 0 Å². The highest BCUT2D eigenvalue weighted by molar-refractivity contribution is 5.95. The van der Waals surface area contributed by atoms with Crippen molar-refractivity contribution in [3.05, 3.63) is 24.3 Å². The summed E-state index contributed by atoms with van der Waals surface area (Å²) in [4.78, 5) is 23.3. The molecule has 21 heavy (non-hydrogen) atoms. The van der Waals surface area contributed by atoms with Gasteiger partial charge in [0, 0.05) is 7.11 Å². The van der Waals surface area contributed by atoms with Gasteiger partial charge in [0.15, 0.2) is 5.92 Å². The summed E-state index contributed by atoms with van der Waals surface area (Å²) < 4.78 is 14.8. The van der Waals surface area contributed by atoms with Crippen molar-refractivity contribution in [2.75, 3.05) is 21.3 Å². The van der Waals surface area contributed by atoms with Crippen molar-refractivity contribution >= 4 is 11.9 Å². The summed E-state index contributed by atoms with van der Waals surface area (Å²) in [5, 5.41) is 0. The maximum Gasteiger partial charge on any atom is 0.320 e. The number of ether oxygens (including phenoxy) is 3. The van der Waals surface area contributed by atoms with E-state index < -0.39 is 17.9 Å². The van der Waals surface area contributed by atoms with Crippen LogP contribution in [0.4, 0.5) is 0 Å². The highest BCUT2D eigenvalue weighted by atomic mass is 16.5. The molecule has 0 aromatic carbocycles. The van der Waals surface area contributed by atoms with E-state index in [2.05, 4.69) is 16.1 Å². The highest BCUT2D eigenvalue weighted by Crippen LogP contribution is 2.29. The number of esters is 2. The third-order valence-electron chi connectivity index (χ3n) is 3.12. The molecular formula is C16H26O5. The van der Waals surface area contributed by atoms with Gasteiger partial charge in [-0.3, -0.25) is 9.59 Å². The van der Waals surface area contributed by atoms with Gasteiger partial charge in [0.2, 0.25) is 0 Å². The Morgan fingerprint density at radius 3 is 1.86 bits per heavy atom. The zero-order chi connectivity index (χ0) is 16.6. The molecule has 0 N–H and O–H groups in total. The molecule has 1 atom stereocenters. The molecule has 0 fully saturated rings. The number of hydrogen-bond donors (Lipinski definition) is 0. The van der Waals surface area contributed by atoms with E-state index in [1.165, 1.54) is 14.2 Å². The van der Waals surface area contributed by atoms with E-state index in [-0.39, 0.29) is 17.9 Å². The van der Waals surface area contributed by atoms with Gasteiger partial charge in [0.25, 0.3) is 0 Å². The Hall–Kier alpha value is -1.62. The van der Waals surface area contributed by atoms with Crippen LogP contribution in [0.2, 0.25) is 0 Å². The average molecular weight is 298 g/mol. The minimum absolute atomic E-state index is 0.138. The van der Waals surface area contributed by atoms with Crippen LogP contribution in [-0.4, -0.2) is 39.4 Å². The second kappa shape index (κ2) is 8.62. The molecule has 0 spiro atoms. The fraction of sp³-hybridized carbons (Fsp3) is 0.625. The number of allylic oxidation sites excluding steroid dienone is 1. The Bertz CT molecular complexity index is 387. The lowest BCUT2D eigenvalue weighted by atomic mass is 9.83. The van der Waals surface area contributed by atoms with Crippen molar-refractivity contribution in [2.24, 2.45) is 11.3 Å². The van der Waals surface area contributed by atoms with Crippen LogP contribution in [0.3, 0.4) is 0 Å². The molecule has 0 aromatic rings. The first-order valence-electron chi connectivity index (χ1n) is 6.73. The number of carbonyl (C=O) groups excluding carboxylic acids is 2. The van der Waals surface area contributed by atoms with E-state index in [4.69, 9.17) is 4.74 Å². The van der Waals surface area contributed by atoms with Crippen LogP contribution in [-0.2, 0) is 23.8 Å². The normalized spacial score (nSPS) is 13.8. The molecule has 0 saturated heterocycles. The van der Waals surface area contributed by atoms with Crippen molar-refractivity contribution in [3.63, 3.8) is 0 Å². The Morgan fingerprint density at radius 2 is 1.57 bits per heavy atom. The highest BCUT2D eigenvalue weighted by Gasteiger charge is 2.30. The maximum atomic E-state index is 11.6. The van der Waals surface area contributed by atoms with Gasteiger partial charge >= 0.3 is 11.9 Å². The van der Waals surface area contributed by atoms with E-state index in [0.29, 0.717) is 0 Å². The van der Waals surface area contributed by atoms with Crippen molar-refractivity contribution in [1.82, 2.24) is 0 Å². The summed E-state index contributed by atoms with van der Waals surface area (Å²) >= 11 is 0. The van der Waals surface area contributed by atoms with Crippen molar-refractivity contribution < 1.29 is 23.8 Å². The molecule has 0 aliphatic heterocycles. The quantitative estimate of drug-likeness (QED) is 0.410. The zero-order valence-corrected chi connectivity index (χ0v) is 13.8. The fourth-order valence-electron chi connectivity index (χ4n) is 2.11. The summed E-state index contributed by atoms with van der Waals surface area (Å²) in [5.74, 6) is -2.22. The molecule has 0 bridgehead atoms. The van der Waals surface area contributed by atoms with Crippen molar-refractivity contribution in [2.45, 2.75) is 33.3 Å². The molecule has 120 valence electrons. The number of hydrogen-bond acceptors (Lipinski definition) is 5. The predicted molar refractivity (Wildman–Crippen MR) is 80.7 cm³/mol. The lowest BCUT2D eigenvalue weighted by Gasteiger charge is -2.30. The van der Waals surface area contributed by atoms with E-state index in [1.807, 2.05) is 20.8 Å². The first-order chi connectivity index (χ1) is 9.72. The van der Waals surface area contributed by atoms with Crippen molar-refractivity contribution in [1.29, 1.82) is 0 Å². The lowest BCUT2D eigenvalue weighted by Crippen LogP contribution is -2.30. The Kier molecular flexibility index (Phi) is 7.95. The maximum absolute atomic E-state index is 11.6.